The van der Waals surface area contributed by atoms with Crippen molar-refractivity contribution in [3.8, 4) is 0 Å². The molecule has 0 spiro atoms. The monoisotopic (exact) mass is 352 g/mol. The molecule has 2 unspecified atom stereocenters. The molecule has 0 rings (SSSR count). The zero-order valence-corrected chi connectivity index (χ0v) is 15.2. The van der Waals surface area contributed by atoms with Gasteiger partial charge in [-0.15, -0.1) is 0 Å². The first-order chi connectivity index (χ1) is 11.6. The van der Waals surface area contributed by atoms with E-state index >= 15 is 0 Å². The molecule has 0 heterocycles. The fraction of sp³-hybridized carbons (Fsp3) is 1.00. The van der Waals surface area contributed by atoms with Crippen LogP contribution in [0.3, 0.4) is 0 Å². The number of nitrogens with two attached hydrogens (primary N) is 2. The van der Waals surface area contributed by atoms with Gasteiger partial charge in [-0.05, 0) is 13.8 Å². The summed E-state index contributed by atoms with van der Waals surface area (Å²) in [6, 6.07) is 0.124. The molecule has 0 aromatic rings. The summed E-state index contributed by atoms with van der Waals surface area (Å²) in [7, 11) is 0. The van der Waals surface area contributed by atoms with Gasteiger partial charge in [0.1, 0.15) is 0 Å². The van der Waals surface area contributed by atoms with E-state index in [0.29, 0.717) is 79.3 Å². The Hall–Kier alpha value is -0.320. The van der Waals surface area contributed by atoms with Gasteiger partial charge in [0.25, 0.3) is 0 Å². The summed E-state index contributed by atoms with van der Waals surface area (Å²) < 4.78 is 32.0. The summed E-state index contributed by atoms with van der Waals surface area (Å²) in [5.74, 6) is 0. The SMILES string of the molecule is CC(N)COCCOCCOCCOCCOCCOCC(C)N. The molecule has 0 saturated heterocycles. The molecule has 0 radical (unpaired) electrons. The van der Waals surface area contributed by atoms with Crippen molar-refractivity contribution < 1.29 is 28.4 Å². The van der Waals surface area contributed by atoms with Gasteiger partial charge >= 0.3 is 0 Å². The largest absolute Gasteiger partial charge is 0.377 e. The Morgan fingerprint density at radius 1 is 0.458 bits per heavy atom. The molecule has 0 aromatic heterocycles. The van der Waals surface area contributed by atoms with Gasteiger partial charge < -0.3 is 39.9 Å². The standard InChI is InChI=1S/C16H36N2O6/c1-15(17)13-23-11-9-21-7-5-19-3-4-20-6-8-22-10-12-24-14-16(2)18/h15-16H,3-14,17-18H2,1-2H3. The van der Waals surface area contributed by atoms with Crippen molar-refractivity contribution in [1.29, 1.82) is 0 Å². The highest BCUT2D eigenvalue weighted by molar-refractivity contribution is 4.48. The van der Waals surface area contributed by atoms with Gasteiger partial charge in [-0.2, -0.15) is 0 Å². The Morgan fingerprint density at radius 3 is 0.875 bits per heavy atom. The predicted octanol–water partition coefficient (Wildman–Crippen LogP) is -0.220. The van der Waals surface area contributed by atoms with Crippen LogP contribution in [0.1, 0.15) is 13.8 Å². The molecule has 0 aliphatic heterocycles. The zero-order chi connectivity index (χ0) is 17.9. The highest BCUT2D eigenvalue weighted by Crippen LogP contribution is 1.85. The Morgan fingerprint density at radius 2 is 0.667 bits per heavy atom. The molecule has 146 valence electrons. The lowest BCUT2D eigenvalue weighted by molar-refractivity contribution is -0.0174. The molecule has 0 bridgehead atoms. The quantitative estimate of drug-likeness (QED) is 0.307. The van der Waals surface area contributed by atoms with Crippen LogP contribution >= 0.6 is 0 Å². The molecule has 0 aliphatic carbocycles. The highest BCUT2D eigenvalue weighted by Gasteiger charge is 1.96. The van der Waals surface area contributed by atoms with Gasteiger partial charge in [-0.3, -0.25) is 0 Å². The Bertz CT molecular complexity index is 221. The number of hydrogen-bond donors (Lipinski definition) is 2. The minimum absolute atomic E-state index is 0.0621. The van der Waals surface area contributed by atoms with Crippen LogP contribution in [-0.2, 0) is 28.4 Å². The van der Waals surface area contributed by atoms with Crippen molar-refractivity contribution in [2.75, 3.05) is 79.3 Å². The van der Waals surface area contributed by atoms with Crippen molar-refractivity contribution in [3.05, 3.63) is 0 Å². The summed E-state index contributed by atoms with van der Waals surface area (Å²) >= 11 is 0. The van der Waals surface area contributed by atoms with E-state index in [0.717, 1.165) is 0 Å². The lowest BCUT2D eigenvalue weighted by Gasteiger charge is -2.09. The van der Waals surface area contributed by atoms with E-state index in [1.54, 1.807) is 0 Å². The van der Waals surface area contributed by atoms with E-state index in [-0.39, 0.29) is 12.1 Å². The maximum Gasteiger partial charge on any atom is 0.0701 e. The molecular formula is C16H36N2O6. The number of hydrogen-bond acceptors (Lipinski definition) is 8. The van der Waals surface area contributed by atoms with E-state index in [4.69, 9.17) is 39.9 Å². The molecule has 2 atom stereocenters. The second kappa shape index (κ2) is 19.0. The summed E-state index contributed by atoms with van der Waals surface area (Å²) in [5, 5.41) is 0. The first-order valence-electron chi connectivity index (χ1n) is 8.60. The fourth-order valence-electron chi connectivity index (χ4n) is 1.54. The molecule has 0 aromatic carbocycles. The van der Waals surface area contributed by atoms with Crippen molar-refractivity contribution in [3.63, 3.8) is 0 Å². The summed E-state index contributed by atoms with van der Waals surface area (Å²) in [6.45, 7) is 10.4. The van der Waals surface area contributed by atoms with Crippen LogP contribution in [0.15, 0.2) is 0 Å². The normalized spacial score (nSPS) is 14.0. The van der Waals surface area contributed by atoms with Crippen LogP contribution in [0.5, 0.6) is 0 Å². The van der Waals surface area contributed by atoms with Crippen LogP contribution in [0.25, 0.3) is 0 Å². The minimum Gasteiger partial charge on any atom is -0.377 e. The first kappa shape index (κ1) is 23.7. The van der Waals surface area contributed by atoms with E-state index < -0.39 is 0 Å². The van der Waals surface area contributed by atoms with Crippen LogP contribution in [0, 0.1) is 0 Å². The third-order valence-electron chi connectivity index (χ3n) is 2.62. The van der Waals surface area contributed by atoms with Crippen LogP contribution in [0.2, 0.25) is 0 Å². The van der Waals surface area contributed by atoms with Crippen molar-refractivity contribution in [1.82, 2.24) is 0 Å². The topological polar surface area (TPSA) is 107 Å². The zero-order valence-electron chi connectivity index (χ0n) is 15.2. The average Bonchev–Trinajstić information content (AvgIpc) is 2.53. The third kappa shape index (κ3) is 21.7. The summed E-state index contributed by atoms with van der Waals surface area (Å²) in [6.07, 6.45) is 0. The maximum atomic E-state index is 5.55. The second-order valence-corrected chi connectivity index (χ2v) is 5.55. The summed E-state index contributed by atoms with van der Waals surface area (Å²) in [4.78, 5) is 0. The minimum atomic E-state index is 0.0621. The lowest BCUT2D eigenvalue weighted by Crippen LogP contribution is -2.23. The molecule has 0 amide bonds. The molecule has 0 fully saturated rings. The van der Waals surface area contributed by atoms with Gasteiger partial charge in [0.05, 0.1) is 79.3 Å². The molecule has 4 N–H and O–H groups in total. The van der Waals surface area contributed by atoms with Crippen molar-refractivity contribution >= 4 is 0 Å². The molecule has 8 nitrogen and oxygen atoms in total. The lowest BCUT2D eigenvalue weighted by atomic mass is 10.4. The average molecular weight is 352 g/mol. The maximum absolute atomic E-state index is 5.55. The Kier molecular flexibility index (Phi) is 18.8. The fourth-order valence-corrected chi connectivity index (χ4v) is 1.54. The molecule has 0 aliphatic rings. The molecule has 0 saturated carbocycles. The van der Waals surface area contributed by atoms with E-state index in [1.807, 2.05) is 13.8 Å². The number of rotatable bonds is 19. The third-order valence-corrected chi connectivity index (χ3v) is 2.62. The first-order valence-corrected chi connectivity index (χ1v) is 8.60. The van der Waals surface area contributed by atoms with Gasteiger partial charge in [0.2, 0.25) is 0 Å². The van der Waals surface area contributed by atoms with E-state index in [9.17, 15) is 0 Å². The molecular weight excluding hydrogens is 316 g/mol. The Balaban J connectivity index is 2.98. The van der Waals surface area contributed by atoms with E-state index in [2.05, 4.69) is 0 Å². The predicted molar refractivity (Wildman–Crippen MR) is 92.2 cm³/mol. The summed E-state index contributed by atoms with van der Waals surface area (Å²) in [5.41, 5.74) is 11.1. The number of ether oxygens (including phenoxy) is 6. The Labute approximate surface area is 146 Å². The van der Waals surface area contributed by atoms with E-state index in [1.165, 1.54) is 0 Å². The van der Waals surface area contributed by atoms with Gasteiger partial charge in [0, 0.05) is 12.1 Å². The van der Waals surface area contributed by atoms with Gasteiger partial charge in [-0.25, -0.2) is 0 Å². The van der Waals surface area contributed by atoms with Gasteiger partial charge in [-0.1, -0.05) is 0 Å². The molecule has 8 heteroatoms. The molecule has 24 heavy (non-hydrogen) atoms. The van der Waals surface area contributed by atoms with Crippen LogP contribution in [0.4, 0.5) is 0 Å². The van der Waals surface area contributed by atoms with Crippen molar-refractivity contribution in [2.24, 2.45) is 11.5 Å². The van der Waals surface area contributed by atoms with Gasteiger partial charge in [0.15, 0.2) is 0 Å². The van der Waals surface area contributed by atoms with Crippen molar-refractivity contribution in [2.45, 2.75) is 25.9 Å². The second-order valence-electron chi connectivity index (χ2n) is 5.55. The highest BCUT2D eigenvalue weighted by atomic mass is 16.6. The smallest absolute Gasteiger partial charge is 0.0701 e. The van der Waals surface area contributed by atoms with Crippen LogP contribution in [-0.4, -0.2) is 91.4 Å². The van der Waals surface area contributed by atoms with Crippen LogP contribution < -0.4 is 11.5 Å².